The molecule has 25 heavy (non-hydrogen) atoms. The zero-order valence-electron chi connectivity index (χ0n) is 15.6. The SMILES string of the molecule is CCN(CC)c1ccnc(Nc2ccc(N3CCC(C)CC3)cc2)n1. The Hall–Kier alpha value is -2.30. The molecule has 2 aromatic rings. The Labute approximate surface area is 151 Å². The maximum absolute atomic E-state index is 4.62. The van der Waals surface area contributed by atoms with Crippen molar-refractivity contribution in [2.24, 2.45) is 5.92 Å². The summed E-state index contributed by atoms with van der Waals surface area (Å²) >= 11 is 0. The Morgan fingerprint density at radius 2 is 1.76 bits per heavy atom. The van der Waals surface area contributed by atoms with Gasteiger partial charge in [0.15, 0.2) is 0 Å². The van der Waals surface area contributed by atoms with Crippen LogP contribution in [0.4, 0.5) is 23.1 Å². The molecule has 0 unspecified atom stereocenters. The molecule has 1 aromatic heterocycles. The van der Waals surface area contributed by atoms with Crippen LogP contribution in [0.15, 0.2) is 36.5 Å². The van der Waals surface area contributed by atoms with Gasteiger partial charge in [0, 0.05) is 43.8 Å². The van der Waals surface area contributed by atoms with E-state index in [1.165, 1.54) is 18.5 Å². The van der Waals surface area contributed by atoms with E-state index in [-0.39, 0.29) is 0 Å². The number of rotatable bonds is 6. The Morgan fingerprint density at radius 3 is 2.40 bits per heavy atom. The third kappa shape index (κ3) is 4.41. The van der Waals surface area contributed by atoms with Crippen LogP contribution < -0.4 is 15.1 Å². The maximum Gasteiger partial charge on any atom is 0.229 e. The highest BCUT2D eigenvalue weighted by Crippen LogP contribution is 2.25. The number of anilines is 4. The number of hydrogen-bond acceptors (Lipinski definition) is 5. The van der Waals surface area contributed by atoms with Gasteiger partial charge in [0.1, 0.15) is 5.82 Å². The van der Waals surface area contributed by atoms with Crippen molar-refractivity contribution in [3.05, 3.63) is 36.5 Å². The minimum atomic E-state index is 0.643. The topological polar surface area (TPSA) is 44.3 Å². The number of hydrogen-bond donors (Lipinski definition) is 1. The first-order valence-electron chi connectivity index (χ1n) is 9.39. The predicted octanol–water partition coefficient (Wildman–Crippen LogP) is 4.30. The summed E-state index contributed by atoms with van der Waals surface area (Å²) in [5, 5.41) is 3.32. The lowest BCUT2D eigenvalue weighted by atomic mass is 9.99. The number of piperidine rings is 1. The van der Waals surface area contributed by atoms with Crippen LogP contribution in [0.5, 0.6) is 0 Å². The minimum absolute atomic E-state index is 0.643. The lowest BCUT2D eigenvalue weighted by Crippen LogP contribution is -2.32. The molecular formula is C20H29N5. The largest absolute Gasteiger partial charge is 0.372 e. The van der Waals surface area contributed by atoms with E-state index in [1.807, 2.05) is 12.3 Å². The molecule has 1 saturated heterocycles. The smallest absolute Gasteiger partial charge is 0.229 e. The number of nitrogens with zero attached hydrogens (tertiary/aromatic N) is 4. The second-order valence-electron chi connectivity index (χ2n) is 6.75. The van der Waals surface area contributed by atoms with Crippen molar-refractivity contribution in [1.82, 2.24) is 9.97 Å². The Bertz CT molecular complexity index is 658. The highest BCUT2D eigenvalue weighted by Gasteiger charge is 2.15. The molecular weight excluding hydrogens is 310 g/mol. The summed E-state index contributed by atoms with van der Waals surface area (Å²) < 4.78 is 0. The maximum atomic E-state index is 4.62. The molecule has 1 aliphatic heterocycles. The molecule has 2 heterocycles. The molecule has 0 spiro atoms. The molecule has 0 saturated carbocycles. The van der Waals surface area contributed by atoms with Crippen LogP contribution >= 0.6 is 0 Å². The van der Waals surface area contributed by atoms with E-state index in [0.717, 1.165) is 43.6 Å². The van der Waals surface area contributed by atoms with Gasteiger partial charge in [-0.3, -0.25) is 0 Å². The molecule has 1 aromatic carbocycles. The average Bonchev–Trinajstić information content (AvgIpc) is 2.65. The first kappa shape index (κ1) is 17.5. The molecule has 5 heteroatoms. The molecule has 0 bridgehead atoms. The molecule has 0 radical (unpaired) electrons. The van der Waals surface area contributed by atoms with E-state index < -0.39 is 0 Å². The number of aromatic nitrogens is 2. The van der Waals surface area contributed by atoms with Gasteiger partial charge in [0.25, 0.3) is 0 Å². The van der Waals surface area contributed by atoms with Crippen LogP contribution in [-0.2, 0) is 0 Å². The third-order valence-electron chi connectivity index (χ3n) is 5.00. The summed E-state index contributed by atoms with van der Waals surface area (Å²) in [6.07, 6.45) is 4.38. The zero-order chi connectivity index (χ0) is 17.6. The first-order chi connectivity index (χ1) is 12.2. The van der Waals surface area contributed by atoms with E-state index in [1.54, 1.807) is 0 Å². The molecule has 0 aliphatic carbocycles. The third-order valence-corrected chi connectivity index (χ3v) is 5.00. The number of nitrogens with one attached hydrogen (secondary N) is 1. The summed E-state index contributed by atoms with van der Waals surface area (Å²) in [5.74, 6) is 2.46. The fourth-order valence-corrected chi connectivity index (χ4v) is 3.28. The molecule has 1 N–H and O–H groups in total. The lowest BCUT2D eigenvalue weighted by molar-refractivity contribution is 0.438. The molecule has 0 atom stereocenters. The molecule has 5 nitrogen and oxygen atoms in total. The van der Waals surface area contributed by atoms with Crippen LogP contribution in [0.3, 0.4) is 0 Å². The first-order valence-corrected chi connectivity index (χ1v) is 9.39. The second kappa shape index (κ2) is 8.19. The molecule has 134 valence electrons. The van der Waals surface area contributed by atoms with Crippen molar-refractivity contribution in [3.63, 3.8) is 0 Å². The quantitative estimate of drug-likeness (QED) is 0.850. The van der Waals surface area contributed by atoms with Crippen LogP contribution in [0.25, 0.3) is 0 Å². The van der Waals surface area contributed by atoms with E-state index in [9.17, 15) is 0 Å². The van der Waals surface area contributed by atoms with Crippen LogP contribution in [0.2, 0.25) is 0 Å². The van der Waals surface area contributed by atoms with Gasteiger partial charge >= 0.3 is 0 Å². The van der Waals surface area contributed by atoms with Crippen molar-refractivity contribution in [3.8, 4) is 0 Å². The Kier molecular flexibility index (Phi) is 5.74. The van der Waals surface area contributed by atoms with Crippen molar-refractivity contribution < 1.29 is 0 Å². The van der Waals surface area contributed by atoms with Gasteiger partial charge in [-0.05, 0) is 62.9 Å². The summed E-state index contributed by atoms with van der Waals surface area (Å²) in [7, 11) is 0. The van der Waals surface area contributed by atoms with E-state index in [0.29, 0.717) is 5.95 Å². The fraction of sp³-hybridized carbons (Fsp3) is 0.500. The van der Waals surface area contributed by atoms with Gasteiger partial charge in [-0.1, -0.05) is 6.92 Å². The van der Waals surface area contributed by atoms with Gasteiger partial charge < -0.3 is 15.1 Å². The summed E-state index contributed by atoms with van der Waals surface area (Å²) in [6.45, 7) is 10.8. The van der Waals surface area contributed by atoms with Crippen molar-refractivity contribution >= 4 is 23.1 Å². The Balaban J connectivity index is 1.66. The molecule has 1 aliphatic rings. The molecule has 1 fully saturated rings. The van der Waals surface area contributed by atoms with Crippen LogP contribution in [0.1, 0.15) is 33.6 Å². The van der Waals surface area contributed by atoms with Crippen LogP contribution in [0, 0.1) is 5.92 Å². The normalized spacial score (nSPS) is 15.2. The Morgan fingerprint density at radius 1 is 1.08 bits per heavy atom. The highest BCUT2D eigenvalue weighted by molar-refractivity contribution is 5.60. The van der Waals surface area contributed by atoms with Crippen molar-refractivity contribution in [2.75, 3.05) is 41.3 Å². The van der Waals surface area contributed by atoms with Gasteiger partial charge in [-0.15, -0.1) is 0 Å². The fourth-order valence-electron chi connectivity index (χ4n) is 3.28. The van der Waals surface area contributed by atoms with Gasteiger partial charge in [0.05, 0.1) is 0 Å². The van der Waals surface area contributed by atoms with E-state index in [4.69, 9.17) is 0 Å². The van der Waals surface area contributed by atoms with E-state index >= 15 is 0 Å². The van der Waals surface area contributed by atoms with Crippen molar-refractivity contribution in [1.29, 1.82) is 0 Å². The van der Waals surface area contributed by atoms with Gasteiger partial charge in [-0.2, -0.15) is 4.98 Å². The van der Waals surface area contributed by atoms with Crippen LogP contribution in [-0.4, -0.2) is 36.1 Å². The monoisotopic (exact) mass is 339 g/mol. The van der Waals surface area contributed by atoms with Crippen molar-refractivity contribution in [2.45, 2.75) is 33.6 Å². The second-order valence-corrected chi connectivity index (χ2v) is 6.75. The zero-order valence-corrected chi connectivity index (χ0v) is 15.6. The van der Waals surface area contributed by atoms with Gasteiger partial charge in [-0.25, -0.2) is 4.98 Å². The standard InChI is InChI=1S/C20H29N5/c1-4-24(5-2)19-10-13-21-20(23-19)22-17-6-8-18(9-7-17)25-14-11-16(3)12-15-25/h6-10,13,16H,4-5,11-12,14-15H2,1-3H3,(H,21,22,23). The minimum Gasteiger partial charge on any atom is -0.372 e. The molecule has 0 amide bonds. The highest BCUT2D eigenvalue weighted by atomic mass is 15.2. The molecule has 3 rings (SSSR count). The summed E-state index contributed by atoms with van der Waals surface area (Å²) in [4.78, 5) is 13.7. The predicted molar refractivity (Wildman–Crippen MR) is 106 cm³/mol. The number of benzene rings is 1. The van der Waals surface area contributed by atoms with Gasteiger partial charge in [0.2, 0.25) is 5.95 Å². The van der Waals surface area contributed by atoms with E-state index in [2.05, 4.69) is 70.1 Å². The average molecular weight is 339 g/mol. The lowest BCUT2D eigenvalue weighted by Gasteiger charge is -2.32. The summed E-state index contributed by atoms with van der Waals surface area (Å²) in [6, 6.07) is 10.6. The summed E-state index contributed by atoms with van der Waals surface area (Å²) in [5.41, 5.74) is 2.32.